The predicted octanol–water partition coefficient (Wildman–Crippen LogP) is 3.18. The molecule has 1 fully saturated rings. The van der Waals surface area contributed by atoms with E-state index in [2.05, 4.69) is 23.6 Å². The highest BCUT2D eigenvalue weighted by Gasteiger charge is 2.45. The molecule has 1 aromatic carbocycles. The maximum atomic E-state index is 14.1. The second-order valence-electron chi connectivity index (χ2n) is 5.75. The molecular weight excluding hydrogens is 227 g/mol. The largest absolute Gasteiger partial charge is 0.343 e. The van der Waals surface area contributed by atoms with Gasteiger partial charge in [0.1, 0.15) is 5.82 Å². The van der Waals surface area contributed by atoms with Gasteiger partial charge in [0, 0.05) is 23.7 Å². The molecule has 0 N–H and O–H groups in total. The highest BCUT2D eigenvalue weighted by molar-refractivity contribution is 5.81. The maximum absolute atomic E-state index is 14.1. The van der Waals surface area contributed by atoms with Gasteiger partial charge in [-0.3, -0.25) is 0 Å². The summed E-state index contributed by atoms with van der Waals surface area (Å²) in [6.07, 6.45) is 4.41. The zero-order chi connectivity index (χ0) is 12.9. The van der Waals surface area contributed by atoms with Crippen LogP contribution in [0.25, 0.3) is 10.9 Å². The Balaban J connectivity index is 2.03. The summed E-state index contributed by atoms with van der Waals surface area (Å²) in [6, 6.07) is 5.68. The molecule has 1 aliphatic rings. The van der Waals surface area contributed by atoms with Gasteiger partial charge in [-0.1, -0.05) is 0 Å². The van der Waals surface area contributed by atoms with Crippen LogP contribution >= 0.6 is 0 Å². The Morgan fingerprint density at radius 2 is 2.06 bits per heavy atom. The Labute approximate surface area is 107 Å². The molecule has 0 amide bonds. The first kappa shape index (κ1) is 11.7. The van der Waals surface area contributed by atoms with Crippen LogP contribution in [0.3, 0.4) is 0 Å². The van der Waals surface area contributed by atoms with Crippen molar-refractivity contribution in [1.82, 2.24) is 9.47 Å². The van der Waals surface area contributed by atoms with Crippen LogP contribution in [0.15, 0.2) is 24.4 Å². The summed E-state index contributed by atoms with van der Waals surface area (Å²) in [6.45, 7) is 2.81. The van der Waals surface area contributed by atoms with Gasteiger partial charge in [0.25, 0.3) is 0 Å². The molecule has 2 nitrogen and oxygen atoms in total. The molecule has 18 heavy (non-hydrogen) atoms. The number of hydrogen-bond donors (Lipinski definition) is 0. The fraction of sp³-hybridized carbons (Fsp3) is 0.467. The number of fused-ring (bicyclic) bond motifs is 1. The van der Waals surface area contributed by atoms with Gasteiger partial charge in [-0.25, -0.2) is 4.39 Å². The number of rotatable bonds is 3. The zero-order valence-electron chi connectivity index (χ0n) is 11.2. The van der Waals surface area contributed by atoms with Crippen molar-refractivity contribution in [2.75, 3.05) is 14.1 Å². The highest BCUT2D eigenvalue weighted by atomic mass is 19.1. The Hall–Kier alpha value is -1.35. The quantitative estimate of drug-likeness (QED) is 0.807. The van der Waals surface area contributed by atoms with E-state index in [1.807, 2.05) is 25.3 Å². The Kier molecular flexibility index (Phi) is 2.49. The first-order valence-electron chi connectivity index (χ1n) is 6.44. The Bertz CT molecular complexity index is 594. The molecule has 0 unspecified atom stereocenters. The molecule has 0 aliphatic heterocycles. The van der Waals surface area contributed by atoms with Gasteiger partial charge in [-0.05, 0) is 57.6 Å². The van der Waals surface area contributed by atoms with Crippen molar-refractivity contribution in [2.45, 2.75) is 31.8 Å². The smallest absolute Gasteiger partial charge is 0.147 e. The van der Waals surface area contributed by atoms with Crippen molar-refractivity contribution in [3.8, 4) is 0 Å². The second kappa shape index (κ2) is 3.82. The summed E-state index contributed by atoms with van der Waals surface area (Å²) in [7, 11) is 4.22. The summed E-state index contributed by atoms with van der Waals surface area (Å²) in [4.78, 5) is 2.27. The summed E-state index contributed by atoms with van der Waals surface area (Å²) in [5.41, 5.74) is 1.96. The van der Waals surface area contributed by atoms with E-state index < -0.39 is 0 Å². The lowest BCUT2D eigenvalue weighted by Gasteiger charge is -2.24. The number of benzene rings is 1. The summed E-state index contributed by atoms with van der Waals surface area (Å²) in [5, 5.41) is 1.00. The molecule has 0 saturated heterocycles. The number of likely N-dealkylation sites (N-methyl/N-ethyl adjacent to an activating group) is 1. The summed E-state index contributed by atoms with van der Waals surface area (Å²) in [5.74, 6) is -0.107. The lowest BCUT2D eigenvalue weighted by atomic mass is 10.1. The number of nitrogens with zero attached hydrogens (tertiary/aromatic N) is 2. The van der Waals surface area contributed by atoms with Crippen LogP contribution in [-0.4, -0.2) is 29.1 Å². The molecule has 0 atom stereocenters. The SMILES string of the molecule is Cc1cc(F)c2c(ccn2CC2(N(C)C)CC2)c1. The molecule has 1 aromatic heterocycles. The van der Waals surface area contributed by atoms with E-state index in [1.165, 1.54) is 12.8 Å². The fourth-order valence-corrected chi connectivity index (χ4v) is 2.78. The molecule has 1 saturated carbocycles. The molecular formula is C15H19FN2. The topological polar surface area (TPSA) is 8.17 Å². The van der Waals surface area contributed by atoms with Crippen LogP contribution in [0.5, 0.6) is 0 Å². The third-order valence-electron chi connectivity index (χ3n) is 4.20. The second-order valence-corrected chi connectivity index (χ2v) is 5.75. The maximum Gasteiger partial charge on any atom is 0.147 e. The average molecular weight is 246 g/mol. The predicted molar refractivity (Wildman–Crippen MR) is 72.3 cm³/mol. The van der Waals surface area contributed by atoms with Gasteiger partial charge in [0.05, 0.1) is 5.52 Å². The third kappa shape index (κ3) is 1.74. The van der Waals surface area contributed by atoms with E-state index in [-0.39, 0.29) is 11.4 Å². The fourth-order valence-electron chi connectivity index (χ4n) is 2.78. The van der Waals surface area contributed by atoms with E-state index in [9.17, 15) is 4.39 Å². The monoisotopic (exact) mass is 246 g/mol. The third-order valence-corrected chi connectivity index (χ3v) is 4.20. The van der Waals surface area contributed by atoms with Crippen LogP contribution in [0.2, 0.25) is 0 Å². The number of halogens is 1. The van der Waals surface area contributed by atoms with Crippen molar-refractivity contribution >= 4 is 10.9 Å². The van der Waals surface area contributed by atoms with Crippen LogP contribution in [0.1, 0.15) is 18.4 Å². The van der Waals surface area contributed by atoms with E-state index in [0.717, 1.165) is 23.0 Å². The van der Waals surface area contributed by atoms with E-state index in [0.29, 0.717) is 0 Å². The highest BCUT2D eigenvalue weighted by Crippen LogP contribution is 2.42. The van der Waals surface area contributed by atoms with Crippen LogP contribution < -0.4 is 0 Å². The van der Waals surface area contributed by atoms with E-state index in [4.69, 9.17) is 0 Å². The van der Waals surface area contributed by atoms with Crippen LogP contribution in [0, 0.1) is 12.7 Å². The first-order valence-corrected chi connectivity index (χ1v) is 6.44. The van der Waals surface area contributed by atoms with Gasteiger partial charge < -0.3 is 9.47 Å². The van der Waals surface area contributed by atoms with Crippen molar-refractivity contribution < 1.29 is 4.39 Å². The van der Waals surface area contributed by atoms with Crippen molar-refractivity contribution in [2.24, 2.45) is 0 Å². The number of aromatic nitrogens is 1. The van der Waals surface area contributed by atoms with Gasteiger partial charge in [-0.15, -0.1) is 0 Å². The lowest BCUT2D eigenvalue weighted by Crippen LogP contribution is -2.34. The minimum absolute atomic E-state index is 0.107. The molecule has 2 aromatic rings. The molecule has 3 heteroatoms. The van der Waals surface area contributed by atoms with Gasteiger partial charge >= 0.3 is 0 Å². The van der Waals surface area contributed by atoms with Crippen molar-refractivity contribution in [1.29, 1.82) is 0 Å². The van der Waals surface area contributed by atoms with Crippen LogP contribution in [-0.2, 0) is 6.54 Å². The van der Waals surface area contributed by atoms with Gasteiger partial charge in [-0.2, -0.15) is 0 Å². The zero-order valence-corrected chi connectivity index (χ0v) is 11.2. The Morgan fingerprint density at radius 3 is 2.67 bits per heavy atom. The average Bonchev–Trinajstić information content (AvgIpc) is 2.95. The van der Waals surface area contributed by atoms with E-state index in [1.54, 1.807) is 6.07 Å². The van der Waals surface area contributed by atoms with Crippen LogP contribution in [0.4, 0.5) is 4.39 Å². The minimum atomic E-state index is -0.107. The lowest BCUT2D eigenvalue weighted by molar-refractivity contribution is 0.243. The normalized spacial score (nSPS) is 17.6. The molecule has 0 bridgehead atoms. The van der Waals surface area contributed by atoms with Crippen molar-refractivity contribution in [3.63, 3.8) is 0 Å². The number of aryl methyl sites for hydroxylation is 1. The van der Waals surface area contributed by atoms with Gasteiger partial charge in [0.15, 0.2) is 0 Å². The Morgan fingerprint density at radius 1 is 1.33 bits per heavy atom. The number of hydrogen-bond acceptors (Lipinski definition) is 1. The molecule has 0 spiro atoms. The molecule has 0 radical (unpaired) electrons. The molecule has 1 heterocycles. The standard InChI is InChI=1S/C15H19FN2/c1-11-8-12-4-7-18(14(12)13(16)9-11)10-15(5-6-15)17(2)3/h4,7-9H,5-6,10H2,1-3H3. The summed E-state index contributed by atoms with van der Waals surface area (Å²) < 4.78 is 16.2. The van der Waals surface area contributed by atoms with Crippen molar-refractivity contribution in [3.05, 3.63) is 35.8 Å². The molecule has 3 rings (SSSR count). The van der Waals surface area contributed by atoms with E-state index >= 15 is 0 Å². The first-order chi connectivity index (χ1) is 8.52. The summed E-state index contributed by atoms with van der Waals surface area (Å²) >= 11 is 0. The molecule has 1 aliphatic carbocycles. The minimum Gasteiger partial charge on any atom is -0.343 e. The van der Waals surface area contributed by atoms with Gasteiger partial charge in [0.2, 0.25) is 0 Å². The molecule has 96 valence electrons.